The lowest BCUT2D eigenvalue weighted by Gasteiger charge is -2.43. The molecule has 2 aromatic carbocycles. The first kappa shape index (κ1) is 25.8. The summed E-state index contributed by atoms with van der Waals surface area (Å²) < 4.78 is 0. The molecule has 7 rings (SSSR count). The minimum absolute atomic E-state index is 0.00602. The molecule has 7 atom stereocenters. The molecule has 206 valence electrons. The van der Waals surface area contributed by atoms with Gasteiger partial charge in [0.05, 0.1) is 16.9 Å². The van der Waals surface area contributed by atoms with Gasteiger partial charge in [-0.15, -0.1) is 11.8 Å². The molecule has 40 heavy (non-hydrogen) atoms. The fourth-order valence-corrected chi connectivity index (χ4v) is 10.6. The van der Waals surface area contributed by atoms with Gasteiger partial charge in [0.25, 0.3) is 0 Å². The highest BCUT2D eigenvalue weighted by Crippen LogP contribution is 2.68. The molecule has 4 aliphatic rings. The first-order valence-corrected chi connectivity index (χ1v) is 15.5. The van der Waals surface area contributed by atoms with Gasteiger partial charge >= 0.3 is 4.87 Å². The number of likely N-dealkylation sites (tertiary alicyclic amines) is 1. The second kappa shape index (κ2) is 9.17. The Morgan fingerprint density at radius 3 is 2.33 bits per heavy atom. The van der Waals surface area contributed by atoms with Crippen LogP contribution in [0.25, 0.3) is 0 Å². The number of thioether (sulfide) groups is 1. The smallest absolute Gasteiger partial charge is 0.305 e. The third kappa shape index (κ3) is 3.92. The van der Waals surface area contributed by atoms with Crippen molar-refractivity contribution in [2.24, 2.45) is 29.6 Å². The Bertz CT molecular complexity index is 1570. The Kier molecular flexibility index (Phi) is 5.91. The molecule has 2 aliphatic heterocycles. The molecule has 2 aliphatic carbocycles. The van der Waals surface area contributed by atoms with Crippen molar-refractivity contribution in [2.75, 3.05) is 11.9 Å². The average molecular weight is 574 g/mol. The Labute approximate surface area is 240 Å². The molecule has 9 heteroatoms. The number of anilines is 1. The number of hydrogen-bond acceptors (Lipinski definition) is 6. The van der Waals surface area contributed by atoms with E-state index in [4.69, 9.17) is 0 Å². The Hall–Kier alpha value is -3.17. The number of rotatable bonds is 4. The predicted molar refractivity (Wildman–Crippen MR) is 155 cm³/mol. The van der Waals surface area contributed by atoms with Crippen molar-refractivity contribution >= 4 is 46.5 Å². The third-order valence-electron chi connectivity index (χ3n) is 9.31. The summed E-state index contributed by atoms with van der Waals surface area (Å²) in [6.45, 7) is 6.31. The van der Waals surface area contributed by atoms with Crippen molar-refractivity contribution in [2.45, 2.75) is 48.8 Å². The number of para-hydroxylation sites is 1. The molecule has 2 N–H and O–H groups in total. The van der Waals surface area contributed by atoms with Gasteiger partial charge in [-0.3, -0.25) is 24.1 Å². The summed E-state index contributed by atoms with van der Waals surface area (Å²) in [5, 5.41) is 3.83. The Morgan fingerprint density at radius 1 is 0.975 bits per heavy atom. The van der Waals surface area contributed by atoms with Gasteiger partial charge in [0.2, 0.25) is 17.7 Å². The van der Waals surface area contributed by atoms with Gasteiger partial charge in [-0.2, -0.15) is 0 Å². The van der Waals surface area contributed by atoms with Crippen molar-refractivity contribution in [1.82, 2.24) is 9.88 Å². The molecule has 3 fully saturated rings. The summed E-state index contributed by atoms with van der Waals surface area (Å²) in [6.07, 6.45) is 0.828. The number of nitrogens with zero attached hydrogens (tertiary/aromatic N) is 1. The molecule has 0 spiro atoms. The zero-order valence-corrected chi connectivity index (χ0v) is 24.2. The zero-order chi connectivity index (χ0) is 27.9. The van der Waals surface area contributed by atoms with Crippen LogP contribution in [0.2, 0.25) is 0 Å². The first-order valence-electron chi connectivity index (χ1n) is 13.8. The summed E-state index contributed by atoms with van der Waals surface area (Å²) in [6, 6.07) is 17.8. The number of amides is 3. The molecule has 2 saturated carbocycles. The minimum atomic E-state index is -0.405. The van der Waals surface area contributed by atoms with Crippen LogP contribution in [0.1, 0.15) is 49.1 Å². The standard InChI is InChI=1S/C31H31N3O4S2/c1-31(2,3)16-11-9-15(10-12-16)21-22-18-13-19(25(22)39-27-26(21)40-30(38)33-27)24-23(18)28(36)34(29(24)37)14-20(35)32-17-7-5-4-6-8-17/h4-12,18-19,21-25H,13-14H2,1-3H3,(H,32,35)(H,33,38)/t18?,19?,21-,22?,23?,24?,25?/m1/s1. The molecule has 0 radical (unpaired) electrons. The Morgan fingerprint density at radius 2 is 1.65 bits per heavy atom. The number of aromatic nitrogens is 1. The molecule has 3 aromatic rings. The fourth-order valence-electron chi connectivity index (χ4n) is 7.66. The lowest BCUT2D eigenvalue weighted by atomic mass is 9.68. The van der Waals surface area contributed by atoms with E-state index in [9.17, 15) is 19.2 Å². The van der Waals surface area contributed by atoms with Gasteiger partial charge in [0.15, 0.2) is 0 Å². The van der Waals surface area contributed by atoms with Crippen LogP contribution in [0.3, 0.4) is 0 Å². The number of carbonyl (C=O) groups excluding carboxylic acids is 3. The molecule has 2 bridgehead atoms. The van der Waals surface area contributed by atoms with Crippen LogP contribution in [0, 0.1) is 29.6 Å². The lowest BCUT2D eigenvalue weighted by Crippen LogP contribution is -2.42. The van der Waals surface area contributed by atoms with E-state index in [0.29, 0.717) is 5.69 Å². The van der Waals surface area contributed by atoms with Crippen molar-refractivity contribution in [1.29, 1.82) is 0 Å². The predicted octanol–water partition coefficient (Wildman–Crippen LogP) is 4.85. The minimum Gasteiger partial charge on any atom is -0.325 e. The van der Waals surface area contributed by atoms with E-state index in [2.05, 4.69) is 55.3 Å². The van der Waals surface area contributed by atoms with Crippen molar-refractivity contribution in [3.63, 3.8) is 0 Å². The SMILES string of the molecule is CC(C)(C)c1ccc([C@H]2c3sc(=O)[nH]c3SC3C4CC(C5C(=O)N(CC(=O)Nc6ccccc6)C(=O)C45)C32)cc1. The molecular weight excluding hydrogens is 542 g/mol. The molecule has 1 saturated heterocycles. The fraction of sp³-hybridized carbons (Fsp3) is 0.419. The van der Waals surface area contributed by atoms with Gasteiger partial charge in [0, 0.05) is 21.7 Å². The third-order valence-corrected chi connectivity index (χ3v) is 11.9. The van der Waals surface area contributed by atoms with E-state index in [-0.39, 0.29) is 63.5 Å². The van der Waals surface area contributed by atoms with E-state index in [1.165, 1.54) is 21.8 Å². The van der Waals surface area contributed by atoms with E-state index < -0.39 is 11.8 Å². The number of hydrogen-bond donors (Lipinski definition) is 2. The molecule has 6 unspecified atom stereocenters. The van der Waals surface area contributed by atoms with E-state index in [1.807, 2.05) is 18.2 Å². The number of thiazole rings is 1. The lowest BCUT2D eigenvalue weighted by molar-refractivity contribution is -0.143. The maximum Gasteiger partial charge on any atom is 0.305 e. The zero-order valence-electron chi connectivity index (χ0n) is 22.5. The van der Waals surface area contributed by atoms with Crippen LogP contribution in [0.4, 0.5) is 5.69 Å². The Balaban J connectivity index is 1.20. The summed E-state index contributed by atoms with van der Waals surface area (Å²) in [5.74, 6) is -1.41. The normalized spacial score (nSPS) is 30.3. The van der Waals surface area contributed by atoms with Crippen LogP contribution >= 0.6 is 23.1 Å². The first-order chi connectivity index (χ1) is 19.1. The summed E-state index contributed by atoms with van der Waals surface area (Å²) in [7, 11) is 0. The van der Waals surface area contributed by atoms with Crippen LogP contribution in [0.5, 0.6) is 0 Å². The maximum absolute atomic E-state index is 13.8. The largest absolute Gasteiger partial charge is 0.325 e. The van der Waals surface area contributed by atoms with E-state index >= 15 is 0 Å². The van der Waals surface area contributed by atoms with Gasteiger partial charge in [-0.25, -0.2) is 0 Å². The van der Waals surface area contributed by atoms with Gasteiger partial charge in [0.1, 0.15) is 6.54 Å². The highest BCUT2D eigenvalue weighted by molar-refractivity contribution is 8.00. The number of benzene rings is 2. The highest BCUT2D eigenvalue weighted by atomic mass is 32.2. The number of aromatic amines is 1. The maximum atomic E-state index is 13.8. The van der Waals surface area contributed by atoms with Crippen molar-refractivity contribution < 1.29 is 14.4 Å². The van der Waals surface area contributed by atoms with Crippen LogP contribution < -0.4 is 10.2 Å². The van der Waals surface area contributed by atoms with E-state index in [1.54, 1.807) is 23.9 Å². The molecule has 7 nitrogen and oxygen atoms in total. The molecule has 3 amide bonds. The van der Waals surface area contributed by atoms with Crippen LogP contribution in [0.15, 0.2) is 64.4 Å². The quantitative estimate of drug-likeness (QED) is 0.435. The second-order valence-corrected chi connectivity index (χ2v) is 14.7. The summed E-state index contributed by atoms with van der Waals surface area (Å²) in [5.41, 5.74) is 3.06. The van der Waals surface area contributed by atoms with Gasteiger partial charge in [-0.05, 0) is 52.8 Å². The summed E-state index contributed by atoms with van der Waals surface area (Å²) >= 11 is 2.95. The number of fused-ring (bicyclic) bond motifs is 9. The number of H-pyrrole nitrogens is 1. The second-order valence-electron chi connectivity index (χ2n) is 12.5. The summed E-state index contributed by atoms with van der Waals surface area (Å²) in [4.78, 5) is 57.9. The molecule has 3 heterocycles. The average Bonchev–Trinajstić information content (AvgIpc) is 3.65. The molecular formula is C31H31N3O4S2. The van der Waals surface area contributed by atoms with Crippen molar-refractivity contribution in [3.8, 4) is 0 Å². The topological polar surface area (TPSA) is 99.3 Å². The number of carbonyl (C=O) groups is 3. The van der Waals surface area contributed by atoms with E-state index in [0.717, 1.165) is 21.9 Å². The number of imide groups is 1. The molecule has 1 aromatic heterocycles. The monoisotopic (exact) mass is 573 g/mol. The van der Waals surface area contributed by atoms with Gasteiger partial charge in [-0.1, -0.05) is 74.6 Å². The van der Waals surface area contributed by atoms with Gasteiger partial charge < -0.3 is 10.3 Å². The van der Waals surface area contributed by atoms with Crippen molar-refractivity contribution in [3.05, 3.63) is 80.3 Å². The number of nitrogens with one attached hydrogen (secondary N) is 2. The van der Waals surface area contributed by atoms with Crippen LogP contribution in [-0.2, 0) is 19.8 Å². The van der Waals surface area contributed by atoms with Crippen LogP contribution in [-0.4, -0.2) is 39.4 Å². The highest BCUT2D eigenvalue weighted by Gasteiger charge is 2.69.